The maximum atomic E-state index is 5.87. The summed E-state index contributed by atoms with van der Waals surface area (Å²) in [6.45, 7) is 7.12. The Labute approximate surface area is 101 Å². The van der Waals surface area contributed by atoms with Gasteiger partial charge in [-0.2, -0.15) is 0 Å². The zero-order valence-corrected chi connectivity index (χ0v) is 10.9. The number of fused-ring (bicyclic) bond motifs is 1. The molecule has 0 aliphatic carbocycles. The van der Waals surface area contributed by atoms with Crippen LogP contribution in [0.25, 0.3) is 10.2 Å². The van der Waals surface area contributed by atoms with E-state index in [1.54, 1.807) is 11.3 Å². The maximum absolute atomic E-state index is 5.87. The second-order valence-electron chi connectivity index (χ2n) is 4.61. The van der Waals surface area contributed by atoms with Crippen LogP contribution in [-0.2, 0) is 5.41 Å². The van der Waals surface area contributed by atoms with E-state index < -0.39 is 0 Å². The Morgan fingerprint density at radius 2 is 2.19 bits per heavy atom. The molecule has 86 valence electrons. The molecule has 0 bridgehead atoms. The Bertz CT molecular complexity index is 498. The molecular weight excluding hydrogens is 216 g/mol. The van der Waals surface area contributed by atoms with Gasteiger partial charge >= 0.3 is 0 Å². The van der Waals surface area contributed by atoms with Crippen LogP contribution in [0.1, 0.15) is 30.8 Å². The third kappa shape index (κ3) is 1.85. The number of aryl methyl sites for hydroxylation is 1. The van der Waals surface area contributed by atoms with Crippen molar-refractivity contribution < 1.29 is 0 Å². The molecule has 1 aromatic heterocycles. The van der Waals surface area contributed by atoms with Crippen molar-refractivity contribution in [2.75, 3.05) is 6.54 Å². The summed E-state index contributed by atoms with van der Waals surface area (Å²) in [5.74, 6) is 0. The minimum atomic E-state index is 0.0254. The predicted molar refractivity (Wildman–Crippen MR) is 71.1 cm³/mol. The molecule has 0 saturated carbocycles. The summed E-state index contributed by atoms with van der Waals surface area (Å²) in [6, 6.07) is 6.43. The van der Waals surface area contributed by atoms with E-state index in [0.717, 1.165) is 16.9 Å². The first-order chi connectivity index (χ1) is 7.59. The van der Waals surface area contributed by atoms with E-state index in [-0.39, 0.29) is 5.41 Å². The maximum Gasteiger partial charge on any atom is 0.101 e. The van der Waals surface area contributed by atoms with Crippen LogP contribution in [0.2, 0.25) is 0 Å². The van der Waals surface area contributed by atoms with Crippen molar-refractivity contribution in [1.29, 1.82) is 0 Å². The number of rotatable bonds is 3. The van der Waals surface area contributed by atoms with E-state index in [9.17, 15) is 0 Å². The number of aromatic nitrogens is 1. The summed E-state index contributed by atoms with van der Waals surface area (Å²) in [4.78, 5) is 4.73. The van der Waals surface area contributed by atoms with Crippen LogP contribution >= 0.6 is 11.3 Å². The lowest BCUT2D eigenvalue weighted by Gasteiger charge is -2.23. The number of thiazole rings is 1. The highest BCUT2D eigenvalue weighted by Crippen LogP contribution is 2.33. The zero-order chi connectivity index (χ0) is 11.8. The average molecular weight is 234 g/mol. The predicted octanol–water partition coefficient (Wildman–Crippen LogP) is 3.23. The number of hydrogen-bond acceptors (Lipinski definition) is 3. The number of nitrogens with zero attached hydrogens (tertiary/aromatic N) is 1. The molecule has 0 radical (unpaired) electrons. The molecule has 0 amide bonds. The van der Waals surface area contributed by atoms with Gasteiger partial charge in [-0.1, -0.05) is 19.9 Å². The number of nitrogens with two attached hydrogens (primary N) is 1. The molecular formula is C13H18N2S. The van der Waals surface area contributed by atoms with Gasteiger partial charge in [0.15, 0.2) is 0 Å². The molecule has 1 unspecified atom stereocenters. The first-order valence-electron chi connectivity index (χ1n) is 5.67. The largest absolute Gasteiger partial charge is 0.330 e. The van der Waals surface area contributed by atoms with Crippen molar-refractivity contribution in [3.8, 4) is 0 Å². The molecule has 16 heavy (non-hydrogen) atoms. The van der Waals surface area contributed by atoms with Crippen molar-refractivity contribution in [3.63, 3.8) is 0 Å². The van der Waals surface area contributed by atoms with Gasteiger partial charge in [0.2, 0.25) is 0 Å². The lowest BCUT2D eigenvalue weighted by atomic mass is 9.89. The molecule has 3 heteroatoms. The minimum absolute atomic E-state index is 0.0254. The molecule has 2 nitrogen and oxygen atoms in total. The average Bonchev–Trinajstić information content (AvgIpc) is 2.71. The van der Waals surface area contributed by atoms with Gasteiger partial charge in [-0.05, 0) is 31.0 Å². The van der Waals surface area contributed by atoms with Crippen molar-refractivity contribution in [2.24, 2.45) is 5.73 Å². The molecule has 1 aromatic carbocycles. The molecule has 2 aromatic rings. The van der Waals surface area contributed by atoms with Crippen LogP contribution in [0.15, 0.2) is 18.2 Å². The van der Waals surface area contributed by atoms with Gasteiger partial charge in [0, 0.05) is 12.0 Å². The van der Waals surface area contributed by atoms with Crippen LogP contribution < -0.4 is 5.73 Å². The second-order valence-corrected chi connectivity index (χ2v) is 5.64. The van der Waals surface area contributed by atoms with E-state index in [1.165, 1.54) is 10.3 Å². The summed E-state index contributed by atoms with van der Waals surface area (Å²) in [5.41, 5.74) is 8.26. The summed E-state index contributed by atoms with van der Waals surface area (Å²) >= 11 is 1.77. The molecule has 1 heterocycles. The molecule has 0 fully saturated rings. The third-order valence-corrected chi connectivity index (χ3v) is 4.63. The van der Waals surface area contributed by atoms with Crippen LogP contribution in [0.5, 0.6) is 0 Å². The van der Waals surface area contributed by atoms with Crippen LogP contribution in [0, 0.1) is 6.92 Å². The minimum Gasteiger partial charge on any atom is -0.330 e. The van der Waals surface area contributed by atoms with Gasteiger partial charge in [0.25, 0.3) is 0 Å². The molecule has 0 saturated heterocycles. The third-order valence-electron chi connectivity index (χ3n) is 3.29. The fourth-order valence-corrected chi connectivity index (χ4v) is 2.85. The van der Waals surface area contributed by atoms with E-state index in [2.05, 4.69) is 39.0 Å². The number of hydrogen-bond donors (Lipinski definition) is 1. The Balaban J connectivity index is 2.54. The molecule has 0 spiro atoms. The van der Waals surface area contributed by atoms with E-state index in [4.69, 9.17) is 10.7 Å². The summed E-state index contributed by atoms with van der Waals surface area (Å²) in [6.07, 6.45) is 1.03. The fraction of sp³-hybridized carbons (Fsp3) is 0.462. The summed E-state index contributed by atoms with van der Waals surface area (Å²) in [5, 5.41) is 1.16. The normalized spacial score (nSPS) is 15.2. The summed E-state index contributed by atoms with van der Waals surface area (Å²) < 4.78 is 1.26. The highest BCUT2D eigenvalue weighted by molar-refractivity contribution is 7.18. The Kier molecular flexibility index (Phi) is 3.00. The lowest BCUT2D eigenvalue weighted by Crippen LogP contribution is -2.30. The van der Waals surface area contributed by atoms with Crippen LogP contribution in [0.3, 0.4) is 0 Å². The lowest BCUT2D eigenvalue weighted by molar-refractivity contribution is 0.465. The zero-order valence-electron chi connectivity index (χ0n) is 10.1. The number of benzene rings is 1. The van der Waals surface area contributed by atoms with Gasteiger partial charge in [0.1, 0.15) is 5.01 Å². The van der Waals surface area contributed by atoms with Crippen molar-refractivity contribution in [2.45, 2.75) is 32.6 Å². The van der Waals surface area contributed by atoms with Crippen molar-refractivity contribution >= 4 is 21.6 Å². The SMILES string of the molecule is CCC(C)(CN)c1nc2cc(C)ccc2s1. The van der Waals surface area contributed by atoms with Gasteiger partial charge in [-0.25, -0.2) is 4.98 Å². The van der Waals surface area contributed by atoms with E-state index in [0.29, 0.717) is 6.54 Å². The highest BCUT2D eigenvalue weighted by Gasteiger charge is 2.26. The standard InChI is InChI=1S/C13H18N2S/c1-4-13(3,8-14)12-15-10-7-9(2)5-6-11(10)16-12/h5-7H,4,8,14H2,1-3H3. The smallest absolute Gasteiger partial charge is 0.101 e. The van der Waals surface area contributed by atoms with Crippen LogP contribution in [-0.4, -0.2) is 11.5 Å². The fourth-order valence-electron chi connectivity index (χ4n) is 1.68. The van der Waals surface area contributed by atoms with E-state index in [1.807, 2.05) is 0 Å². The molecule has 0 aliphatic rings. The molecule has 1 atom stereocenters. The topological polar surface area (TPSA) is 38.9 Å². The first-order valence-corrected chi connectivity index (χ1v) is 6.48. The molecule has 2 N–H and O–H groups in total. The first kappa shape index (κ1) is 11.6. The van der Waals surface area contributed by atoms with Crippen molar-refractivity contribution in [1.82, 2.24) is 4.98 Å². The Morgan fingerprint density at radius 1 is 1.44 bits per heavy atom. The van der Waals surface area contributed by atoms with Gasteiger partial charge in [-0.3, -0.25) is 0 Å². The van der Waals surface area contributed by atoms with Gasteiger partial charge in [-0.15, -0.1) is 11.3 Å². The Hall–Kier alpha value is -0.930. The molecule has 2 rings (SSSR count). The quantitative estimate of drug-likeness (QED) is 0.885. The monoisotopic (exact) mass is 234 g/mol. The highest BCUT2D eigenvalue weighted by atomic mass is 32.1. The van der Waals surface area contributed by atoms with Gasteiger partial charge < -0.3 is 5.73 Å². The van der Waals surface area contributed by atoms with Gasteiger partial charge in [0.05, 0.1) is 10.2 Å². The van der Waals surface area contributed by atoms with Crippen LogP contribution in [0.4, 0.5) is 0 Å². The van der Waals surface area contributed by atoms with Crippen molar-refractivity contribution in [3.05, 3.63) is 28.8 Å². The Morgan fingerprint density at radius 3 is 2.81 bits per heavy atom. The summed E-state index contributed by atoms with van der Waals surface area (Å²) in [7, 11) is 0. The molecule has 0 aliphatic heterocycles. The second kappa shape index (κ2) is 4.15. The van der Waals surface area contributed by atoms with E-state index >= 15 is 0 Å².